The van der Waals surface area contributed by atoms with Gasteiger partial charge in [0.1, 0.15) is 0 Å². The molecule has 1 aromatic carbocycles. The minimum Gasteiger partial charge on any atom is -0.493 e. The first-order chi connectivity index (χ1) is 11.9. The molecule has 0 radical (unpaired) electrons. The molecular formula is C18H31ClIN3O2S. The summed E-state index contributed by atoms with van der Waals surface area (Å²) in [6, 6.07) is 3.78. The highest BCUT2D eigenvalue weighted by Crippen LogP contribution is 2.36. The van der Waals surface area contributed by atoms with Crippen molar-refractivity contribution in [2.24, 2.45) is 4.99 Å². The summed E-state index contributed by atoms with van der Waals surface area (Å²) in [5.41, 5.74) is 0.964. The lowest BCUT2D eigenvalue weighted by molar-refractivity contribution is 0.311. The molecule has 0 amide bonds. The highest BCUT2D eigenvalue weighted by molar-refractivity contribution is 14.0. The van der Waals surface area contributed by atoms with Gasteiger partial charge in [-0.15, -0.1) is 24.0 Å². The molecule has 0 unspecified atom stereocenters. The Labute approximate surface area is 184 Å². The fourth-order valence-corrected chi connectivity index (χ4v) is 2.53. The number of hydrogen-bond donors (Lipinski definition) is 2. The van der Waals surface area contributed by atoms with Crippen LogP contribution in [0.15, 0.2) is 17.1 Å². The molecule has 0 spiro atoms. The average molecular weight is 516 g/mol. The molecule has 0 fully saturated rings. The van der Waals surface area contributed by atoms with Crippen molar-refractivity contribution in [2.75, 3.05) is 33.1 Å². The van der Waals surface area contributed by atoms with E-state index < -0.39 is 0 Å². The van der Waals surface area contributed by atoms with Crippen LogP contribution in [0.25, 0.3) is 0 Å². The number of benzene rings is 1. The number of ether oxygens (including phenoxy) is 2. The van der Waals surface area contributed by atoms with Gasteiger partial charge in [-0.3, -0.25) is 0 Å². The van der Waals surface area contributed by atoms with E-state index in [9.17, 15) is 0 Å². The van der Waals surface area contributed by atoms with E-state index in [1.54, 1.807) is 7.11 Å². The first-order valence-corrected chi connectivity index (χ1v) is 10.0. The Morgan fingerprint density at radius 3 is 2.50 bits per heavy atom. The van der Waals surface area contributed by atoms with Gasteiger partial charge < -0.3 is 20.1 Å². The lowest BCUT2D eigenvalue weighted by atomic mass is 10.2. The maximum atomic E-state index is 6.32. The van der Waals surface area contributed by atoms with Gasteiger partial charge in [0.15, 0.2) is 17.5 Å². The highest BCUT2D eigenvalue weighted by atomic mass is 127. The van der Waals surface area contributed by atoms with Gasteiger partial charge in [-0.1, -0.05) is 11.6 Å². The fraction of sp³-hybridized carbons (Fsp3) is 0.611. The minimum absolute atomic E-state index is 0. The van der Waals surface area contributed by atoms with Crippen LogP contribution in [0.5, 0.6) is 11.5 Å². The number of rotatable bonds is 9. The van der Waals surface area contributed by atoms with Gasteiger partial charge in [-0.2, -0.15) is 11.8 Å². The molecule has 26 heavy (non-hydrogen) atoms. The molecule has 0 aliphatic carbocycles. The highest BCUT2D eigenvalue weighted by Gasteiger charge is 2.16. The van der Waals surface area contributed by atoms with Crippen molar-refractivity contribution < 1.29 is 9.47 Å². The molecule has 0 saturated carbocycles. The standard InChI is InChI=1S/C18H30ClN3O2S.HI/c1-7-20-17(22-12-18(3,4)25-6)21-11-13-9-14(19)16(24-8-2)15(10-13)23-5;/h9-10H,7-8,11-12H2,1-6H3,(H2,20,21,22);1H. The number of halogens is 2. The Hall–Kier alpha value is -0.540. The average Bonchev–Trinajstić information content (AvgIpc) is 2.59. The Bertz CT molecular complexity index is 586. The zero-order valence-corrected chi connectivity index (χ0v) is 20.3. The van der Waals surface area contributed by atoms with Gasteiger partial charge in [0.25, 0.3) is 0 Å². The van der Waals surface area contributed by atoms with Crippen molar-refractivity contribution in [3.05, 3.63) is 22.7 Å². The van der Waals surface area contributed by atoms with E-state index in [0.29, 0.717) is 29.7 Å². The second-order valence-corrected chi connectivity index (χ2v) is 7.98. The molecule has 0 aliphatic rings. The summed E-state index contributed by atoms with van der Waals surface area (Å²) in [7, 11) is 1.61. The summed E-state index contributed by atoms with van der Waals surface area (Å²) in [5.74, 6) is 1.99. The van der Waals surface area contributed by atoms with Crippen LogP contribution in [0.2, 0.25) is 5.02 Å². The summed E-state index contributed by atoms with van der Waals surface area (Å²) < 4.78 is 11.1. The Morgan fingerprint density at radius 2 is 1.96 bits per heavy atom. The summed E-state index contributed by atoms with van der Waals surface area (Å²) in [4.78, 5) is 4.64. The van der Waals surface area contributed by atoms with Crippen LogP contribution in [0.3, 0.4) is 0 Å². The molecule has 1 rings (SSSR count). The third kappa shape index (κ3) is 8.43. The number of methoxy groups -OCH3 is 1. The Balaban J connectivity index is 0.00000625. The quantitative estimate of drug-likeness (QED) is 0.287. The molecule has 2 N–H and O–H groups in total. The van der Waals surface area contributed by atoms with Crippen LogP contribution in [0.4, 0.5) is 0 Å². The van der Waals surface area contributed by atoms with Crippen LogP contribution < -0.4 is 20.1 Å². The number of hydrogen-bond acceptors (Lipinski definition) is 4. The number of thioether (sulfide) groups is 1. The summed E-state index contributed by atoms with van der Waals surface area (Å²) in [6.45, 7) is 11.0. The molecule has 0 heterocycles. The smallest absolute Gasteiger partial charge is 0.191 e. The van der Waals surface area contributed by atoms with Crippen LogP contribution in [0.1, 0.15) is 33.3 Å². The molecule has 0 saturated heterocycles. The molecule has 0 aliphatic heterocycles. The third-order valence-corrected chi connectivity index (χ3v) is 5.11. The minimum atomic E-state index is 0. The van der Waals surface area contributed by atoms with E-state index in [0.717, 1.165) is 24.6 Å². The first kappa shape index (κ1) is 25.5. The second-order valence-electron chi connectivity index (χ2n) is 6.05. The number of nitrogens with zero attached hydrogens (tertiary/aromatic N) is 1. The number of aliphatic imine (C=N–C) groups is 1. The Kier molecular flexibility index (Phi) is 12.5. The molecule has 0 aromatic heterocycles. The topological polar surface area (TPSA) is 54.9 Å². The molecule has 150 valence electrons. The van der Waals surface area contributed by atoms with E-state index >= 15 is 0 Å². The van der Waals surface area contributed by atoms with Crippen molar-refractivity contribution in [2.45, 2.75) is 39.0 Å². The van der Waals surface area contributed by atoms with Crippen molar-refractivity contribution in [3.8, 4) is 11.5 Å². The lowest BCUT2D eigenvalue weighted by Gasteiger charge is -2.23. The van der Waals surface area contributed by atoms with Gasteiger partial charge in [0.2, 0.25) is 0 Å². The monoisotopic (exact) mass is 515 g/mol. The molecule has 1 aromatic rings. The SMILES string of the molecule is CCNC(=NCc1cc(Cl)c(OCC)c(OC)c1)NCC(C)(C)SC.I. The maximum absolute atomic E-state index is 6.32. The van der Waals surface area contributed by atoms with E-state index in [1.165, 1.54) is 0 Å². The van der Waals surface area contributed by atoms with Crippen molar-refractivity contribution >= 4 is 53.3 Å². The van der Waals surface area contributed by atoms with Gasteiger partial charge in [0, 0.05) is 17.8 Å². The molecule has 0 bridgehead atoms. The lowest BCUT2D eigenvalue weighted by Crippen LogP contribution is -2.43. The van der Waals surface area contributed by atoms with Crippen LogP contribution in [-0.2, 0) is 6.54 Å². The second kappa shape index (κ2) is 12.8. The van der Waals surface area contributed by atoms with Gasteiger partial charge in [0.05, 0.1) is 25.3 Å². The molecular weight excluding hydrogens is 485 g/mol. The maximum Gasteiger partial charge on any atom is 0.191 e. The Morgan fingerprint density at radius 1 is 1.27 bits per heavy atom. The van der Waals surface area contributed by atoms with E-state index in [-0.39, 0.29) is 28.7 Å². The third-order valence-electron chi connectivity index (χ3n) is 3.58. The fourth-order valence-electron chi connectivity index (χ4n) is 2.03. The number of nitrogens with one attached hydrogen (secondary N) is 2. The summed E-state index contributed by atoms with van der Waals surface area (Å²) in [5, 5.41) is 7.19. The molecule has 8 heteroatoms. The van der Waals surface area contributed by atoms with Gasteiger partial charge >= 0.3 is 0 Å². The summed E-state index contributed by atoms with van der Waals surface area (Å²) in [6.07, 6.45) is 2.11. The summed E-state index contributed by atoms with van der Waals surface area (Å²) >= 11 is 8.14. The van der Waals surface area contributed by atoms with Crippen molar-refractivity contribution in [3.63, 3.8) is 0 Å². The van der Waals surface area contributed by atoms with E-state index in [4.69, 9.17) is 21.1 Å². The zero-order chi connectivity index (χ0) is 18.9. The normalized spacial score (nSPS) is 11.6. The van der Waals surface area contributed by atoms with E-state index in [2.05, 4.69) is 35.7 Å². The predicted molar refractivity (Wildman–Crippen MR) is 125 cm³/mol. The van der Waals surface area contributed by atoms with Crippen LogP contribution >= 0.6 is 47.3 Å². The molecule has 5 nitrogen and oxygen atoms in total. The van der Waals surface area contributed by atoms with Crippen molar-refractivity contribution in [1.29, 1.82) is 0 Å². The van der Waals surface area contributed by atoms with Gasteiger partial charge in [-0.25, -0.2) is 4.99 Å². The van der Waals surface area contributed by atoms with Gasteiger partial charge in [-0.05, 0) is 51.6 Å². The first-order valence-electron chi connectivity index (χ1n) is 8.43. The number of guanidine groups is 1. The largest absolute Gasteiger partial charge is 0.493 e. The predicted octanol–water partition coefficient (Wildman–Crippen LogP) is 4.56. The molecule has 0 atom stereocenters. The van der Waals surface area contributed by atoms with Crippen molar-refractivity contribution in [1.82, 2.24) is 10.6 Å². The zero-order valence-electron chi connectivity index (χ0n) is 16.4. The van der Waals surface area contributed by atoms with E-state index in [1.807, 2.05) is 37.7 Å². The van der Waals surface area contributed by atoms with Crippen LogP contribution in [0, 0.1) is 0 Å². The van der Waals surface area contributed by atoms with Crippen LogP contribution in [-0.4, -0.2) is 43.8 Å².